The molecule has 3 nitrogen and oxygen atoms in total. The number of benzene rings is 1. The number of nitrogens with zero attached hydrogens (tertiary/aromatic N) is 1. The van der Waals surface area contributed by atoms with Gasteiger partial charge >= 0.3 is 152 Å². The Morgan fingerprint density at radius 2 is 1.33 bits per heavy atom. The second-order valence-corrected chi connectivity index (χ2v) is 20.2. The summed E-state index contributed by atoms with van der Waals surface area (Å²) in [6.45, 7) is 6.88. The Kier molecular flexibility index (Phi) is 9.79. The molecule has 136 valence electrons. The van der Waals surface area contributed by atoms with E-state index < -0.39 is 24.5 Å². The van der Waals surface area contributed by atoms with Crippen LogP contribution in [0, 0.1) is 0 Å². The van der Waals surface area contributed by atoms with Crippen LogP contribution in [0.15, 0.2) is 24.3 Å². The van der Waals surface area contributed by atoms with Gasteiger partial charge in [-0.25, -0.2) is 0 Å². The third kappa shape index (κ3) is 5.98. The first kappa shape index (κ1) is 21.3. The Hall–Kier alpha value is -0.711. The molecule has 0 heterocycles. The van der Waals surface area contributed by atoms with Gasteiger partial charge in [-0.1, -0.05) is 0 Å². The zero-order valence-electron chi connectivity index (χ0n) is 16.0. The number of hydrogen-bond acceptors (Lipinski definition) is 1. The zero-order chi connectivity index (χ0) is 18.0. The molecule has 1 N–H and O–H groups in total. The van der Waals surface area contributed by atoms with Gasteiger partial charge in [0.2, 0.25) is 0 Å². The van der Waals surface area contributed by atoms with Crippen molar-refractivity contribution in [1.29, 1.82) is 0 Å². The minimum atomic E-state index is -2.38. The second kappa shape index (κ2) is 11.0. The number of amides is 1. The van der Waals surface area contributed by atoms with Crippen LogP contribution in [-0.4, -0.2) is 36.6 Å². The molecule has 0 aliphatic carbocycles. The summed E-state index contributed by atoms with van der Waals surface area (Å²) in [4.78, 5) is 12.4. The quantitative estimate of drug-likeness (QED) is 0.438. The number of anilines is 1. The van der Waals surface area contributed by atoms with E-state index in [0.29, 0.717) is 0 Å². The third-order valence-corrected chi connectivity index (χ3v) is 20.8. The van der Waals surface area contributed by atoms with Crippen molar-refractivity contribution in [1.82, 2.24) is 0 Å². The maximum atomic E-state index is 11.1. The van der Waals surface area contributed by atoms with Crippen LogP contribution in [0.25, 0.3) is 0 Å². The van der Waals surface area contributed by atoms with E-state index in [2.05, 4.69) is 32.9 Å². The number of unbranched alkanes of at least 4 members (excludes halogenated alkanes) is 3. The van der Waals surface area contributed by atoms with Gasteiger partial charge in [0.15, 0.2) is 0 Å². The molecule has 0 atom stereocenters. The van der Waals surface area contributed by atoms with E-state index in [0.717, 1.165) is 5.69 Å². The molecule has 0 saturated heterocycles. The average Bonchev–Trinajstić information content (AvgIpc) is 2.61. The van der Waals surface area contributed by atoms with E-state index in [4.69, 9.17) is 5.11 Å². The van der Waals surface area contributed by atoms with Crippen molar-refractivity contribution in [2.75, 3.05) is 11.9 Å². The SMILES string of the molecule is CCC[CH2][Sn]([CH2]CCC)([CH2]CCC)[c]1ccc(N(C)C(=O)O)cc1. The molecular formula is C20H35NO2Sn. The van der Waals surface area contributed by atoms with Crippen molar-refractivity contribution in [2.24, 2.45) is 0 Å². The number of carboxylic acid groups (broad SMARTS) is 1. The fourth-order valence-electron chi connectivity index (χ4n) is 3.50. The van der Waals surface area contributed by atoms with Gasteiger partial charge in [-0.2, -0.15) is 0 Å². The molecule has 0 aliphatic heterocycles. The van der Waals surface area contributed by atoms with Crippen molar-refractivity contribution < 1.29 is 9.90 Å². The molecule has 0 aliphatic rings. The van der Waals surface area contributed by atoms with Crippen molar-refractivity contribution in [3.05, 3.63) is 24.3 Å². The standard InChI is InChI=1S/C8H8NO2.3C4H9.Sn/c1-9(8(10)11)7-5-3-2-4-6-7;3*1-3-4-2;/h3-6H,1H3,(H,10,11);3*1,3-4H2,2H3;. The molecule has 1 amide bonds. The maximum absolute atomic E-state index is 11.1. The van der Waals surface area contributed by atoms with Gasteiger partial charge in [-0.3, -0.25) is 0 Å². The molecule has 1 rings (SSSR count). The molecule has 4 heteroatoms. The van der Waals surface area contributed by atoms with Crippen LogP contribution in [0.4, 0.5) is 10.5 Å². The van der Waals surface area contributed by atoms with Gasteiger partial charge < -0.3 is 0 Å². The summed E-state index contributed by atoms with van der Waals surface area (Å²) < 4.78 is 5.93. The molecule has 0 spiro atoms. The molecule has 0 bridgehead atoms. The van der Waals surface area contributed by atoms with Crippen LogP contribution in [-0.2, 0) is 0 Å². The Bertz CT molecular complexity index is 465. The Balaban J connectivity index is 3.12. The molecule has 1 aromatic carbocycles. The molecule has 0 unspecified atom stereocenters. The predicted molar refractivity (Wildman–Crippen MR) is 107 cm³/mol. The Morgan fingerprint density at radius 3 is 1.67 bits per heavy atom. The van der Waals surface area contributed by atoms with E-state index in [-0.39, 0.29) is 0 Å². The van der Waals surface area contributed by atoms with Gasteiger partial charge in [-0.15, -0.1) is 0 Å². The molecule has 1 aromatic rings. The van der Waals surface area contributed by atoms with Crippen molar-refractivity contribution >= 4 is 33.7 Å². The summed E-state index contributed by atoms with van der Waals surface area (Å²) >= 11 is -2.38. The van der Waals surface area contributed by atoms with Crippen LogP contribution >= 0.6 is 0 Å². The van der Waals surface area contributed by atoms with Crippen LogP contribution < -0.4 is 8.48 Å². The Labute approximate surface area is 152 Å². The first-order valence-electron chi connectivity index (χ1n) is 9.58. The Morgan fingerprint density at radius 1 is 0.917 bits per heavy atom. The van der Waals surface area contributed by atoms with E-state index >= 15 is 0 Å². The van der Waals surface area contributed by atoms with Gasteiger partial charge in [0.1, 0.15) is 0 Å². The zero-order valence-corrected chi connectivity index (χ0v) is 18.8. The number of hydrogen-bond donors (Lipinski definition) is 1. The molecular weight excluding hydrogens is 405 g/mol. The summed E-state index contributed by atoms with van der Waals surface area (Å²) in [5.41, 5.74) is 0.771. The van der Waals surface area contributed by atoms with Crippen molar-refractivity contribution in [3.8, 4) is 0 Å². The third-order valence-electron chi connectivity index (χ3n) is 5.18. The fourth-order valence-corrected chi connectivity index (χ4v) is 19.4. The van der Waals surface area contributed by atoms with Crippen molar-refractivity contribution in [2.45, 2.75) is 72.6 Å². The van der Waals surface area contributed by atoms with Gasteiger partial charge in [0, 0.05) is 0 Å². The van der Waals surface area contributed by atoms with Crippen molar-refractivity contribution in [3.63, 3.8) is 0 Å². The van der Waals surface area contributed by atoms with Crippen LogP contribution in [0.3, 0.4) is 0 Å². The molecule has 0 fully saturated rings. The summed E-state index contributed by atoms with van der Waals surface area (Å²) in [6.07, 6.45) is 6.96. The average molecular weight is 440 g/mol. The molecule has 0 aromatic heterocycles. The first-order valence-corrected chi connectivity index (χ1v) is 17.1. The van der Waals surface area contributed by atoms with E-state index in [1.54, 1.807) is 10.6 Å². The second-order valence-electron chi connectivity index (χ2n) is 6.98. The topological polar surface area (TPSA) is 40.5 Å². The molecule has 0 radical (unpaired) electrons. The molecule has 0 saturated carbocycles. The van der Waals surface area contributed by atoms with Crippen LogP contribution in [0.1, 0.15) is 59.3 Å². The van der Waals surface area contributed by atoms with E-state index in [9.17, 15) is 4.79 Å². The minimum absolute atomic E-state index is 0.771. The fraction of sp³-hybridized carbons (Fsp3) is 0.650. The van der Waals surface area contributed by atoms with Crippen LogP contribution in [0.5, 0.6) is 0 Å². The van der Waals surface area contributed by atoms with E-state index in [1.165, 1.54) is 56.7 Å². The summed E-state index contributed by atoms with van der Waals surface area (Å²) in [5, 5.41) is 9.15. The summed E-state index contributed by atoms with van der Waals surface area (Å²) in [6, 6.07) is 8.54. The summed E-state index contributed by atoms with van der Waals surface area (Å²) in [5.74, 6) is 0. The first-order chi connectivity index (χ1) is 11.5. The number of rotatable bonds is 11. The number of carbonyl (C=O) groups is 1. The van der Waals surface area contributed by atoms with Crippen LogP contribution in [0.2, 0.25) is 13.3 Å². The molecule has 24 heavy (non-hydrogen) atoms. The monoisotopic (exact) mass is 441 g/mol. The van der Waals surface area contributed by atoms with E-state index in [1.807, 2.05) is 12.1 Å². The van der Waals surface area contributed by atoms with Gasteiger partial charge in [0.25, 0.3) is 0 Å². The predicted octanol–water partition coefficient (Wildman–Crippen LogP) is 5.86. The summed E-state index contributed by atoms with van der Waals surface area (Å²) in [7, 11) is 1.61. The van der Waals surface area contributed by atoms with Gasteiger partial charge in [0.05, 0.1) is 0 Å². The normalized spacial score (nSPS) is 11.5. The van der Waals surface area contributed by atoms with Gasteiger partial charge in [-0.05, 0) is 0 Å².